The first kappa shape index (κ1) is 20.2. The molecule has 0 aliphatic heterocycles. The highest BCUT2D eigenvalue weighted by Gasteiger charge is 2.31. The van der Waals surface area contributed by atoms with Gasteiger partial charge in [0.2, 0.25) is 5.91 Å². The van der Waals surface area contributed by atoms with E-state index in [9.17, 15) is 4.79 Å². The van der Waals surface area contributed by atoms with Gasteiger partial charge in [0.1, 0.15) is 0 Å². The minimum Gasteiger partial charge on any atom is -0.461 e. The number of furan rings is 1. The van der Waals surface area contributed by atoms with Crippen LogP contribution in [0.5, 0.6) is 0 Å². The molecule has 3 rings (SSSR count). The van der Waals surface area contributed by atoms with Gasteiger partial charge in [-0.15, -0.1) is 10.2 Å². The molecule has 2 heterocycles. The summed E-state index contributed by atoms with van der Waals surface area (Å²) in [5.41, 5.74) is 0.822. The summed E-state index contributed by atoms with van der Waals surface area (Å²) in [7, 11) is 1.88. The largest absolute Gasteiger partial charge is 0.461 e. The van der Waals surface area contributed by atoms with Crippen molar-refractivity contribution < 1.29 is 9.21 Å². The molecule has 1 amide bonds. The molecule has 0 N–H and O–H groups in total. The number of thioether (sulfide) groups is 1. The van der Waals surface area contributed by atoms with Crippen molar-refractivity contribution in [3.63, 3.8) is 0 Å². The van der Waals surface area contributed by atoms with Gasteiger partial charge in [0, 0.05) is 19.1 Å². The molecule has 1 aromatic carbocycles. The molecule has 0 aliphatic rings. The van der Waals surface area contributed by atoms with E-state index in [1.807, 2.05) is 65.9 Å². The van der Waals surface area contributed by atoms with Crippen LogP contribution in [0, 0.1) is 0 Å². The number of rotatable bonds is 6. The molecule has 0 spiro atoms. The molecule has 0 unspecified atom stereocenters. The summed E-state index contributed by atoms with van der Waals surface area (Å²) in [6.45, 7) is 8.66. The predicted molar refractivity (Wildman–Crippen MR) is 111 cm³/mol. The fourth-order valence-corrected chi connectivity index (χ4v) is 3.75. The van der Waals surface area contributed by atoms with E-state index in [0.717, 1.165) is 5.56 Å². The van der Waals surface area contributed by atoms with E-state index in [0.29, 0.717) is 23.3 Å². The average Bonchev–Trinajstić information content (AvgIpc) is 3.29. The maximum atomic E-state index is 13.3. The Labute approximate surface area is 169 Å². The van der Waals surface area contributed by atoms with E-state index in [-0.39, 0.29) is 16.7 Å². The Kier molecular flexibility index (Phi) is 5.93. The molecular weight excluding hydrogens is 372 g/mol. The van der Waals surface area contributed by atoms with Crippen LogP contribution in [0.2, 0.25) is 0 Å². The van der Waals surface area contributed by atoms with Crippen LogP contribution >= 0.6 is 11.8 Å². The van der Waals surface area contributed by atoms with Crippen LogP contribution in [-0.4, -0.2) is 36.4 Å². The summed E-state index contributed by atoms with van der Waals surface area (Å²) in [4.78, 5) is 15.2. The van der Waals surface area contributed by atoms with Gasteiger partial charge in [-0.1, -0.05) is 42.1 Å². The summed E-state index contributed by atoms with van der Waals surface area (Å²) in [5.74, 6) is 1.37. The van der Waals surface area contributed by atoms with Gasteiger partial charge < -0.3 is 13.9 Å². The van der Waals surface area contributed by atoms with Gasteiger partial charge in [0.25, 0.3) is 0 Å². The van der Waals surface area contributed by atoms with Crippen LogP contribution in [0.3, 0.4) is 0 Å². The lowest BCUT2D eigenvalue weighted by atomic mass is 10.0. The first-order valence-electron chi connectivity index (χ1n) is 9.22. The Morgan fingerprint density at radius 2 is 1.89 bits per heavy atom. The smallest absolute Gasteiger partial charge is 0.236 e. The third kappa shape index (κ3) is 4.47. The average molecular weight is 399 g/mol. The Morgan fingerprint density at radius 3 is 2.50 bits per heavy atom. The van der Waals surface area contributed by atoms with Gasteiger partial charge >= 0.3 is 0 Å². The lowest BCUT2D eigenvalue weighted by molar-refractivity contribution is -0.135. The maximum absolute atomic E-state index is 13.3. The highest BCUT2D eigenvalue weighted by molar-refractivity contribution is 8.00. The SMILES string of the molecule is C[C@H](Sc1nnc(-c2ccco2)n1C)C(=O)N(Cc1ccccc1)C(C)(C)C. The van der Waals surface area contributed by atoms with Crippen LogP contribution in [0.25, 0.3) is 11.6 Å². The number of carbonyl (C=O) groups excluding carboxylic acids is 1. The molecule has 7 heteroatoms. The first-order chi connectivity index (χ1) is 13.3. The van der Waals surface area contributed by atoms with Gasteiger partial charge in [-0.05, 0) is 45.4 Å². The minimum absolute atomic E-state index is 0.0731. The lowest BCUT2D eigenvalue weighted by Crippen LogP contribution is -2.48. The summed E-state index contributed by atoms with van der Waals surface area (Å²) < 4.78 is 7.26. The molecule has 3 aromatic rings. The fourth-order valence-electron chi connectivity index (χ4n) is 2.88. The van der Waals surface area contributed by atoms with E-state index >= 15 is 0 Å². The lowest BCUT2D eigenvalue weighted by Gasteiger charge is -2.37. The van der Waals surface area contributed by atoms with Crippen LogP contribution < -0.4 is 0 Å². The number of hydrogen-bond donors (Lipinski definition) is 0. The number of hydrogen-bond acceptors (Lipinski definition) is 5. The van der Waals surface area contributed by atoms with Crippen molar-refractivity contribution >= 4 is 17.7 Å². The summed E-state index contributed by atoms with van der Waals surface area (Å²) >= 11 is 1.41. The highest BCUT2D eigenvalue weighted by Crippen LogP contribution is 2.29. The van der Waals surface area contributed by atoms with Crippen molar-refractivity contribution in [2.45, 2.75) is 50.2 Å². The van der Waals surface area contributed by atoms with Crippen molar-refractivity contribution in [2.75, 3.05) is 0 Å². The first-order valence-corrected chi connectivity index (χ1v) is 10.1. The summed E-state index contributed by atoms with van der Waals surface area (Å²) in [6, 6.07) is 13.7. The van der Waals surface area contributed by atoms with E-state index in [2.05, 4.69) is 31.0 Å². The standard InChI is InChI=1S/C21H26N4O2S/c1-15(28-20-23-22-18(24(20)5)17-12-9-13-27-17)19(26)25(21(2,3)4)14-16-10-7-6-8-11-16/h6-13,15H,14H2,1-5H3/t15-/m0/s1. The van der Waals surface area contributed by atoms with Gasteiger partial charge in [-0.3, -0.25) is 4.79 Å². The normalized spacial score (nSPS) is 12.8. The molecule has 0 saturated carbocycles. The summed E-state index contributed by atoms with van der Waals surface area (Å²) in [5, 5.41) is 8.84. The van der Waals surface area contributed by atoms with Gasteiger partial charge in [-0.25, -0.2) is 0 Å². The third-order valence-electron chi connectivity index (χ3n) is 4.47. The molecule has 2 aromatic heterocycles. The molecule has 0 fully saturated rings. The predicted octanol–water partition coefficient (Wildman–Crippen LogP) is 4.38. The topological polar surface area (TPSA) is 64.2 Å². The van der Waals surface area contributed by atoms with Crippen molar-refractivity contribution in [3.05, 3.63) is 54.3 Å². The van der Waals surface area contributed by atoms with Crippen molar-refractivity contribution in [1.82, 2.24) is 19.7 Å². The quantitative estimate of drug-likeness (QED) is 0.577. The number of benzene rings is 1. The number of aromatic nitrogens is 3. The number of amides is 1. The number of carbonyl (C=O) groups is 1. The maximum Gasteiger partial charge on any atom is 0.236 e. The molecular formula is C21H26N4O2S. The Balaban J connectivity index is 1.76. The Hall–Kier alpha value is -2.54. The van der Waals surface area contributed by atoms with Crippen molar-refractivity contribution in [1.29, 1.82) is 0 Å². The van der Waals surface area contributed by atoms with E-state index in [4.69, 9.17) is 4.42 Å². The zero-order chi connectivity index (χ0) is 20.3. The summed E-state index contributed by atoms with van der Waals surface area (Å²) in [6.07, 6.45) is 1.60. The molecule has 0 saturated heterocycles. The zero-order valence-electron chi connectivity index (χ0n) is 16.9. The molecule has 0 radical (unpaired) electrons. The van der Waals surface area contributed by atoms with E-state index in [1.54, 1.807) is 6.26 Å². The molecule has 148 valence electrons. The highest BCUT2D eigenvalue weighted by atomic mass is 32.2. The van der Waals surface area contributed by atoms with E-state index in [1.165, 1.54) is 11.8 Å². The molecule has 0 aliphatic carbocycles. The molecule has 28 heavy (non-hydrogen) atoms. The fraction of sp³-hybridized carbons (Fsp3) is 0.381. The van der Waals surface area contributed by atoms with Crippen LogP contribution in [0.15, 0.2) is 58.3 Å². The monoisotopic (exact) mass is 398 g/mol. The van der Waals surface area contributed by atoms with Crippen LogP contribution in [0.4, 0.5) is 0 Å². The van der Waals surface area contributed by atoms with Crippen LogP contribution in [0.1, 0.15) is 33.3 Å². The second-order valence-corrected chi connectivity index (χ2v) is 8.99. The molecule has 0 bridgehead atoms. The van der Waals surface area contributed by atoms with Gasteiger partial charge in [-0.2, -0.15) is 0 Å². The van der Waals surface area contributed by atoms with Gasteiger partial charge in [0.05, 0.1) is 11.5 Å². The van der Waals surface area contributed by atoms with Crippen LogP contribution in [-0.2, 0) is 18.4 Å². The zero-order valence-corrected chi connectivity index (χ0v) is 17.7. The molecule has 1 atom stereocenters. The second kappa shape index (κ2) is 8.22. The minimum atomic E-state index is -0.296. The van der Waals surface area contributed by atoms with Crippen molar-refractivity contribution in [3.8, 4) is 11.6 Å². The third-order valence-corrected chi connectivity index (χ3v) is 5.59. The second-order valence-electron chi connectivity index (χ2n) is 7.68. The molecule has 6 nitrogen and oxygen atoms in total. The number of nitrogens with zero attached hydrogens (tertiary/aromatic N) is 4. The van der Waals surface area contributed by atoms with Crippen molar-refractivity contribution in [2.24, 2.45) is 7.05 Å². The van der Waals surface area contributed by atoms with E-state index < -0.39 is 0 Å². The Bertz CT molecular complexity index is 914. The van der Waals surface area contributed by atoms with Gasteiger partial charge in [0.15, 0.2) is 16.7 Å². The Morgan fingerprint density at radius 1 is 1.18 bits per heavy atom.